The molecule has 2 nitrogen and oxygen atoms in total. The summed E-state index contributed by atoms with van der Waals surface area (Å²) in [6, 6.07) is 5.93. The standard InChI is InChI=1S/C16H23Cl2NO/c1-2-10-19-15(9-8-12-5-4-11-20-12)16-13(17)6-3-7-14(16)18/h3,6-7,12,15,19H,2,4-5,8-11H2,1H3. The lowest BCUT2D eigenvalue weighted by atomic mass is 9.99. The molecule has 1 N–H and O–H groups in total. The molecule has 1 fully saturated rings. The van der Waals surface area contributed by atoms with E-state index >= 15 is 0 Å². The second-order valence-corrected chi connectivity index (χ2v) is 6.17. The predicted octanol–water partition coefficient (Wildman–Crippen LogP) is 4.99. The maximum Gasteiger partial charge on any atom is 0.0576 e. The van der Waals surface area contributed by atoms with E-state index in [1.54, 1.807) is 0 Å². The van der Waals surface area contributed by atoms with Gasteiger partial charge in [-0.1, -0.05) is 36.2 Å². The molecule has 1 aromatic rings. The summed E-state index contributed by atoms with van der Waals surface area (Å²) in [5.74, 6) is 0. The average Bonchev–Trinajstić information content (AvgIpc) is 2.94. The van der Waals surface area contributed by atoms with Gasteiger partial charge in [-0.25, -0.2) is 0 Å². The third-order valence-electron chi connectivity index (χ3n) is 3.79. The van der Waals surface area contributed by atoms with Crippen molar-refractivity contribution in [3.63, 3.8) is 0 Å². The Balaban J connectivity index is 2.05. The highest BCUT2D eigenvalue weighted by Crippen LogP contribution is 2.33. The molecular formula is C16H23Cl2NO. The molecule has 0 spiro atoms. The van der Waals surface area contributed by atoms with E-state index in [0.29, 0.717) is 6.10 Å². The Labute approximate surface area is 131 Å². The Morgan fingerprint density at radius 2 is 2.10 bits per heavy atom. The average molecular weight is 316 g/mol. The zero-order valence-corrected chi connectivity index (χ0v) is 13.5. The van der Waals surface area contributed by atoms with Crippen LogP contribution in [0.25, 0.3) is 0 Å². The third kappa shape index (κ3) is 4.36. The minimum Gasteiger partial charge on any atom is -0.378 e. The molecule has 2 unspecified atom stereocenters. The molecule has 0 amide bonds. The van der Waals surface area contributed by atoms with Gasteiger partial charge in [-0.3, -0.25) is 0 Å². The number of hydrogen-bond donors (Lipinski definition) is 1. The number of nitrogens with one attached hydrogen (secondary N) is 1. The summed E-state index contributed by atoms with van der Waals surface area (Å²) in [4.78, 5) is 0. The van der Waals surface area contributed by atoms with E-state index in [1.807, 2.05) is 18.2 Å². The van der Waals surface area contributed by atoms with Gasteiger partial charge in [-0.2, -0.15) is 0 Å². The topological polar surface area (TPSA) is 21.3 Å². The number of hydrogen-bond acceptors (Lipinski definition) is 2. The zero-order valence-electron chi connectivity index (χ0n) is 12.0. The molecule has 112 valence electrons. The molecule has 0 saturated carbocycles. The first-order valence-corrected chi connectivity index (χ1v) is 8.27. The van der Waals surface area contributed by atoms with Gasteiger partial charge in [0.1, 0.15) is 0 Å². The fourth-order valence-electron chi connectivity index (χ4n) is 2.74. The van der Waals surface area contributed by atoms with Crippen molar-refractivity contribution in [2.24, 2.45) is 0 Å². The first kappa shape index (κ1) is 16.1. The summed E-state index contributed by atoms with van der Waals surface area (Å²) in [5.41, 5.74) is 1.03. The molecule has 0 bridgehead atoms. The predicted molar refractivity (Wildman–Crippen MR) is 85.7 cm³/mol. The van der Waals surface area contributed by atoms with Crippen LogP contribution in [0.15, 0.2) is 18.2 Å². The SMILES string of the molecule is CCCNC(CCC1CCCO1)c1c(Cl)cccc1Cl. The van der Waals surface area contributed by atoms with Crippen molar-refractivity contribution in [1.82, 2.24) is 5.32 Å². The van der Waals surface area contributed by atoms with Crippen molar-refractivity contribution in [2.75, 3.05) is 13.2 Å². The number of rotatable bonds is 7. The van der Waals surface area contributed by atoms with Crippen LogP contribution >= 0.6 is 23.2 Å². The Bertz CT molecular complexity index is 399. The molecule has 1 saturated heterocycles. The highest BCUT2D eigenvalue weighted by molar-refractivity contribution is 6.36. The minimum atomic E-state index is 0.209. The lowest BCUT2D eigenvalue weighted by molar-refractivity contribution is 0.0996. The number of ether oxygens (including phenoxy) is 1. The molecular weight excluding hydrogens is 293 g/mol. The van der Waals surface area contributed by atoms with Crippen LogP contribution in [0.5, 0.6) is 0 Å². The molecule has 20 heavy (non-hydrogen) atoms. The molecule has 0 radical (unpaired) electrons. The monoisotopic (exact) mass is 315 g/mol. The fourth-order valence-corrected chi connectivity index (χ4v) is 3.40. The van der Waals surface area contributed by atoms with Crippen molar-refractivity contribution in [3.8, 4) is 0 Å². The first-order valence-electron chi connectivity index (χ1n) is 7.51. The van der Waals surface area contributed by atoms with Crippen LogP contribution in [0.1, 0.15) is 50.6 Å². The van der Waals surface area contributed by atoms with E-state index in [1.165, 1.54) is 12.8 Å². The van der Waals surface area contributed by atoms with Gasteiger partial charge >= 0.3 is 0 Å². The maximum atomic E-state index is 6.34. The van der Waals surface area contributed by atoms with E-state index in [0.717, 1.165) is 48.0 Å². The molecule has 2 rings (SSSR count). The van der Waals surface area contributed by atoms with Gasteiger partial charge in [0.2, 0.25) is 0 Å². The van der Waals surface area contributed by atoms with E-state index in [9.17, 15) is 0 Å². The maximum absolute atomic E-state index is 6.34. The summed E-state index contributed by atoms with van der Waals surface area (Å²) < 4.78 is 5.71. The van der Waals surface area contributed by atoms with Gasteiger partial charge in [0, 0.05) is 28.3 Å². The Kier molecular flexibility index (Phi) is 6.63. The molecule has 1 aliphatic heterocycles. The fraction of sp³-hybridized carbons (Fsp3) is 0.625. The molecule has 1 heterocycles. The number of halogens is 2. The molecule has 4 heteroatoms. The summed E-state index contributed by atoms with van der Waals surface area (Å²) in [7, 11) is 0. The van der Waals surface area contributed by atoms with Gasteiger partial charge in [-0.05, 0) is 50.8 Å². The van der Waals surface area contributed by atoms with Crippen LogP contribution in [-0.2, 0) is 4.74 Å². The van der Waals surface area contributed by atoms with E-state index < -0.39 is 0 Å². The Hall–Kier alpha value is -0.280. The largest absolute Gasteiger partial charge is 0.378 e. The van der Waals surface area contributed by atoms with Crippen LogP contribution in [0.2, 0.25) is 10.0 Å². The summed E-state index contributed by atoms with van der Waals surface area (Å²) in [6.45, 7) is 4.04. The first-order chi connectivity index (χ1) is 9.72. The van der Waals surface area contributed by atoms with Gasteiger partial charge in [0.25, 0.3) is 0 Å². The minimum absolute atomic E-state index is 0.209. The quantitative estimate of drug-likeness (QED) is 0.765. The van der Waals surface area contributed by atoms with Crippen molar-refractivity contribution < 1.29 is 4.74 Å². The second-order valence-electron chi connectivity index (χ2n) is 5.35. The van der Waals surface area contributed by atoms with Gasteiger partial charge < -0.3 is 10.1 Å². The van der Waals surface area contributed by atoms with Crippen molar-refractivity contribution in [3.05, 3.63) is 33.8 Å². The molecule has 2 atom stereocenters. The van der Waals surface area contributed by atoms with E-state index in [2.05, 4.69) is 12.2 Å². The lowest BCUT2D eigenvalue weighted by Crippen LogP contribution is -2.24. The van der Waals surface area contributed by atoms with Gasteiger partial charge in [0.15, 0.2) is 0 Å². The number of benzene rings is 1. The normalized spacial score (nSPS) is 20.2. The van der Waals surface area contributed by atoms with Crippen LogP contribution in [0, 0.1) is 0 Å². The molecule has 0 aliphatic carbocycles. The highest BCUT2D eigenvalue weighted by Gasteiger charge is 2.21. The van der Waals surface area contributed by atoms with Gasteiger partial charge in [-0.15, -0.1) is 0 Å². The zero-order chi connectivity index (χ0) is 14.4. The van der Waals surface area contributed by atoms with Crippen molar-refractivity contribution in [2.45, 2.75) is 51.2 Å². The van der Waals surface area contributed by atoms with Crippen molar-refractivity contribution in [1.29, 1.82) is 0 Å². The van der Waals surface area contributed by atoms with Crippen molar-refractivity contribution >= 4 is 23.2 Å². The van der Waals surface area contributed by atoms with E-state index in [-0.39, 0.29) is 6.04 Å². The van der Waals surface area contributed by atoms with E-state index in [4.69, 9.17) is 27.9 Å². The Morgan fingerprint density at radius 3 is 2.70 bits per heavy atom. The Morgan fingerprint density at radius 1 is 1.35 bits per heavy atom. The summed E-state index contributed by atoms with van der Waals surface area (Å²) >= 11 is 12.7. The highest BCUT2D eigenvalue weighted by atomic mass is 35.5. The molecule has 1 aromatic carbocycles. The summed E-state index contributed by atoms with van der Waals surface area (Å²) in [5, 5.41) is 5.06. The second kappa shape index (κ2) is 8.23. The van der Waals surface area contributed by atoms with Crippen LogP contribution in [0.3, 0.4) is 0 Å². The summed E-state index contributed by atoms with van der Waals surface area (Å²) in [6.07, 6.45) is 5.93. The van der Waals surface area contributed by atoms with Gasteiger partial charge in [0.05, 0.1) is 6.10 Å². The molecule has 1 aliphatic rings. The van der Waals surface area contributed by atoms with Crippen LogP contribution in [0.4, 0.5) is 0 Å². The third-order valence-corrected chi connectivity index (χ3v) is 4.45. The smallest absolute Gasteiger partial charge is 0.0576 e. The lowest BCUT2D eigenvalue weighted by Gasteiger charge is -2.22. The molecule has 0 aromatic heterocycles. The van der Waals surface area contributed by atoms with Crippen LogP contribution < -0.4 is 5.32 Å². The van der Waals surface area contributed by atoms with Crippen LogP contribution in [-0.4, -0.2) is 19.3 Å².